The molecular formula is C28H39N3O5. The van der Waals surface area contributed by atoms with Gasteiger partial charge in [-0.3, -0.25) is 4.79 Å². The third kappa shape index (κ3) is 10.8. The fourth-order valence-corrected chi connectivity index (χ4v) is 3.48. The molecule has 8 nitrogen and oxygen atoms in total. The fraction of sp³-hybridized carbons (Fsp3) is 0.464. The summed E-state index contributed by atoms with van der Waals surface area (Å²) >= 11 is 0. The van der Waals surface area contributed by atoms with Crippen LogP contribution in [0.15, 0.2) is 60.7 Å². The molecule has 3 amide bonds. The number of hydrogen-bond donors (Lipinski definition) is 3. The van der Waals surface area contributed by atoms with Crippen molar-refractivity contribution in [3.05, 3.63) is 71.8 Å². The Kier molecular flexibility index (Phi) is 10.8. The Labute approximate surface area is 214 Å². The molecule has 0 saturated heterocycles. The lowest BCUT2D eigenvalue weighted by atomic mass is 9.93. The fourth-order valence-electron chi connectivity index (χ4n) is 3.48. The quantitative estimate of drug-likeness (QED) is 0.378. The van der Waals surface area contributed by atoms with Gasteiger partial charge < -0.3 is 25.4 Å². The molecule has 36 heavy (non-hydrogen) atoms. The first-order valence-electron chi connectivity index (χ1n) is 12.3. The molecular weight excluding hydrogens is 458 g/mol. The molecule has 0 radical (unpaired) electrons. The average molecular weight is 498 g/mol. The zero-order valence-corrected chi connectivity index (χ0v) is 21.9. The van der Waals surface area contributed by atoms with Gasteiger partial charge >= 0.3 is 12.2 Å². The van der Waals surface area contributed by atoms with Gasteiger partial charge in [0.1, 0.15) is 18.2 Å². The van der Waals surface area contributed by atoms with Crippen LogP contribution < -0.4 is 16.0 Å². The number of amides is 3. The molecule has 8 heteroatoms. The first-order valence-corrected chi connectivity index (χ1v) is 12.3. The summed E-state index contributed by atoms with van der Waals surface area (Å²) in [6.45, 7) is 9.72. The highest BCUT2D eigenvalue weighted by Gasteiger charge is 2.29. The summed E-state index contributed by atoms with van der Waals surface area (Å²) < 4.78 is 10.6. The lowest BCUT2D eigenvalue weighted by molar-refractivity contribution is -0.125. The van der Waals surface area contributed by atoms with E-state index in [1.165, 1.54) is 0 Å². The van der Waals surface area contributed by atoms with Crippen molar-refractivity contribution in [2.75, 3.05) is 6.54 Å². The van der Waals surface area contributed by atoms with Gasteiger partial charge in [-0.15, -0.1) is 0 Å². The summed E-state index contributed by atoms with van der Waals surface area (Å²) in [5, 5.41) is 8.45. The topological polar surface area (TPSA) is 106 Å². The molecule has 0 aliphatic carbocycles. The second-order valence-corrected chi connectivity index (χ2v) is 10.2. The molecule has 196 valence electrons. The smallest absolute Gasteiger partial charge is 0.408 e. The predicted octanol–water partition coefficient (Wildman–Crippen LogP) is 5.03. The second-order valence-electron chi connectivity index (χ2n) is 10.2. The maximum absolute atomic E-state index is 13.2. The molecule has 1 atom stereocenters. The number of unbranched alkanes of at least 4 members (excludes halogenated alkanes) is 1. The predicted molar refractivity (Wildman–Crippen MR) is 139 cm³/mol. The van der Waals surface area contributed by atoms with Crippen LogP contribution in [0.3, 0.4) is 0 Å². The molecule has 2 rings (SSSR count). The number of benzene rings is 2. The van der Waals surface area contributed by atoms with E-state index in [0.717, 1.165) is 11.1 Å². The van der Waals surface area contributed by atoms with Crippen molar-refractivity contribution >= 4 is 18.1 Å². The molecule has 0 aromatic heterocycles. The largest absolute Gasteiger partial charge is 0.445 e. The normalized spacial score (nSPS) is 12.2. The highest BCUT2D eigenvalue weighted by atomic mass is 16.6. The Balaban J connectivity index is 1.86. The molecule has 0 unspecified atom stereocenters. The van der Waals surface area contributed by atoms with E-state index < -0.39 is 29.4 Å². The summed E-state index contributed by atoms with van der Waals surface area (Å²) in [4.78, 5) is 37.5. The van der Waals surface area contributed by atoms with Gasteiger partial charge in [0.2, 0.25) is 5.91 Å². The number of ether oxygens (including phenoxy) is 2. The van der Waals surface area contributed by atoms with Gasteiger partial charge in [0.05, 0.1) is 5.54 Å². The minimum atomic E-state index is -0.784. The first-order chi connectivity index (χ1) is 17.0. The van der Waals surface area contributed by atoms with Gasteiger partial charge in [-0.05, 0) is 65.0 Å². The maximum Gasteiger partial charge on any atom is 0.408 e. The first kappa shape index (κ1) is 28.7. The van der Waals surface area contributed by atoms with E-state index >= 15 is 0 Å². The molecule has 2 aromatic rings. The van der Waals surface area contributed by atoms with Crippen LogP contribution >= 0.6 is 0 Å². The Hall–Kier alpha value is -3.55. The van der Waals surface area contributed by atoms with Gasteiger partial charge in [-0.25, -0.2) is 9.59 Å². The summed E-state index contributed by atoms with van der Waals surface area (Å²) in [5.41, 5.74) is 0.551. The third-order valence-electron chi connectivity index (χ3n) is 5.34. The van der Waals surface area contributed by atoms with Crippen molar-refractivity contribution in [2.24, 2.45) is 0 Å². The van der Waals surface area contributed by atoms with Crippen molar-refractivity contribution in [3.63, 3.8) is 0 Å². The third-order valence-corrected chi connectivity index (χ3v) is 5.34. The zero-order valence-electron chi connectivity index (χ0n) is 21.9. The molecule has 2 aromatic carbocycles. The van der Waals surface area contributed by atoms with Crippen LogP contribution in [-0.4, -0.2) is 36.3 Å². The summed E-state index contributed by atoms with van der Waals surface area (Å²) in [5.74, 6) is -0.301. The van der Waals surface area contributed by atoms with Crippen LogP contribution in [0, 0.1) is 0 Å². The Bertz CT molecular complexity index is 972. The van der Waals surface area contributed by atoms with E-state index in [1.54, 1.807) is 20.8 Å². The van der Waals surface area contributed by atoms with E-state index in [2.05, 4.69) is 16.0 Å². The molecule has 3 N–H and O–H groups in total. The lowest BCUT2D eigenvalue weighted by Gasteiger charge is -2.30. The van der Waals surface area contributed by atoms with Gasteiger partial charge in [-0.2, -0.15) is 0 Å². The highest BCUT2D eigenvalue weighted by Crippen LogP contribution is 2.20. The molecule has 0 spiro atoms. The molecule has 0 aliphatic rings. The van der Waals surface area contributed by atoms with E-state index in [-0.39, 0.29) is 12.5 Å². The van der Waals surface area contributed by atoms with Crippen molar-refractivity contribution in [1.82, 2.24) is 16.0 Å². The van der Waals surface area contributed by atoms with Crippen LogP contribution in [0.25, 0.3) is 0 Å². The van der Waals surface area contributed by atoms with Gasteiger partial charge in [0.15, 0.2) is 0 Å². The minimum Gasteiger partial charge on any atom is -0.445 e. The Morgan fingerprint density at radius 1 is 0.833 bits per heavy atom. The molecule has 0 fully saturated rings. The summed E-state index contributed by atoms with van der Waals surface area (Å²) in [6.07, 6.45) is 0.449. The summed E-state index contributed by atoms with van der Waals surface area (Å²) in [7, 11) is 0. The van der Waals surface area contributed by atoms with E-state index in [0.29, 0.717) is 25.8 Å². The van der Waals surface area contributed by atoms with Crippen LogP contribution in [0.1, 0.15) is 65.0 Å². The molecule has 0 aliphatic heterocycles. The molecule has 0 saturated carbocycles. The van der Waals surface area contributed by atoms with Crippen LogP contribution in [0.4, 0.5) is 9.59 Å². The number of carbonyl (C=O) groups is 3. The molecule has 0 heterocycles. The van der Waals surface area contributed by atoms with Crippen LogP contribution in [0.5, 0.6) is 0 Å². The summed E-state index contributed by atoms with van der Waals surface area (Å²) in [6, 6.07) is 18.3. The van der Waals surface area contributed by atoms with Gasteiger partial charge in [0.25, 0.3) is 0 Å². The standard InChI is InChI=1S/C28H39N3O5/c1-27(2,3)36-26(34)30-23(24(32)31-28(4,5)22-16-10-7-11-17-22)18-12-13-19-29-25(33)35-20-21-14-8-6-9-15-21/h6-11,14-17,23H,12-13,18-20H2,1-5H3,(H,29,33)(H,30,34)(H,31,32)/t23-/m0/s1. The Morgan fingerprint density at radius 2 is 1.44 bits per heavy atom. The van der Waals surface area contributed by atoms with Gasteiger partial charge in [0, 0.05) is 6.54 Å². The van der Waals surface area contributed by atoms with Crippen molar-refractivity contribution in [1.29, 1.82) is 0 Å². The maximum atomic E-state index is 13.2. The number of rotatable bonds is 11. The van der Waals surface area contributed by atoms with Gasteiger partial charge in [-0.1, -0.05) is 60.7 Å². The van der Waals surface area contributed by atoms with Crippen LogP contribution in [-0.2, 0) is 26.4 Å². The monoisotopic (exact) mass is 497 g/mol. The Morgan fingerprint density at radius 3 is 2.06 bits per heavy atom. The SMILES string of the molecule is CC(C)(C)OC(=O)N[C@@H](CCCCNC(=O)OCc1ccccc1)C(=O)NC(C)(C)c1ccccc1. The highest BCUT2D eigenvalue weighted by molar-refractivity contribution is 5.86. The van der Waals surface area contributed by atoms with Crippen molar-refractivity contribution in [2.45, 2.75) is 77.7 Å². The number of alkyl carbamates (subject to hydrolysis) is 2. The number of carbonyl (C=O) groups excluding carboxylic acids is 3. The zero-order chi connectivity index (χ0) is 26.6. The van der Waals surface area contributed by atoms with Crippen LogP contribution in [0.2, 0.25) is 0 Å². The van der Waals surface area contributed by atoms with Crippen molar-refractivity contribution in [3.8, 4) is 0 Å². The van der Waals surface area contributed by atoms with E-state index in [4.69, 9.17) is 9.47 Å². The lowest BCUT2D eigenvalue weighted by Crippen LogP contribution is -2.52. The average Bonchev–Trinajstić information content (AvgIpc) is 2.81. The minimum absolute atomic E-state index is 0.200. The van der Waals surface area contributed by atoms with E-state index in [9.17, 15) is 14.4 Å². The number of nitrogens with one attached hydrogen (secondary N) is 3. The number of hydrogen-bond acceptors (Lipinski definition) is 5. The molecule has 0 bridgehead atoms. The van der Waals surface area contributed by atoms with Crippen molar-refractivity contribution < 1.29 is 23.9 Å². The van der Waals surface area contributed by atoms with E-state index in [1.807, 2.05) is 74.5 Å². The second kappa shape index (κ2) is 13.5.